The monoisotopic (exact) mass is 599 g/mol. The van der Waals surface area contributed by atoms with Gasteiger partial charge in [0.15, 0.2) is 5.13 Å². The maximum atomic E-state index is 12.7. The van der Waals surface area contributed by atoms with Gasteiger partial charge in [-0.1, -0.05) is 25.7 Å². The highest BCUT2D eigenvalue weighted by Gasteiger charge is 2.22. The van der Waals surface area contributed by atoms with Crippen molar-refractivity contribution in [2.75, 3.05) is 18.5 Å². The number of hydrogen-bond donors (Lipinski definition) is 4. The number of carbonyl (C=O) groups is 1. The Balaban J connectivity index is 1.10. The molecule has 0 saturated heterocycles. The van der Waals surface area contributed by atoms with Crippen LogP contribution in [0.3, 0.4) is 0 Å². The predicted molar refractivity (Wildman–Crippen MR) is 168 cm³/mol. The quantitative estimate of drug-likeness (QED) is 0.0525. The summed E-state index contributed by atoms with van der Waals surface area (Å²) in [4.78, 5) is 22.8. The van der Waals surface area contributed by atoms with Crippen LogP contribution in [0, 0.1) is 11.3 Å². The summed E-state index contributed by atoms with van der Waals surface area (Å²) in [5.74, 6) is 1.97. The highest BCUT2D eigenvalue weighted by atomic mass is 32.1. The molecule has 0 unspecified atom stereocenters. The number of ether oxygens (including phenoxy) is 2. The Morgan fingerprint density at radius 2 is 1.60 bits per heavy atom. The summed E-state index contributed by atoms with van der Waals surface area (Å²) in [6.07, 6.45) is 12.1. The van der Waals surface area contributed by atoms with Gasteiger partial charge in [0.25, 0.3) is 5.91 Å². The summed E-state index contributed by atoms with van der Waals surface area (Å²) in [5.41, 5.74) is 4.89. The predicted octanol–water partition coefficient (Wildman–Crippen LogP) is 7.12. The zero-order valence-corrected chi connectivity index (χ0v) is 24.9. The number of nitrogens with zero attached hydrogens (tertiary/aromatic N) is 2. The van der Waals surface area contributed by atoms with Gasteiger partial charge in [-0.25, -0.2) is 4.98 Å². The Bertz CT molecular complexity index is 1470. The number of benzene rings is 2. The molecule has 1 aliphatic carbocycles. The first-order chi connectivity index (χ1) is 21.1. The van der Waals surface area contributed by atoms with Crippen LogP contribution in [0.15, 0.2) is 73.1 Å². The molecule has 4 aromatic rings. The topological polar surface area (TPSA) is 129 Å². The number of amides is 1. The van der Waals surface area contributed by atoms with Gasteiger partial charge in [0, 0.05) is 28.4 Å². The number of rotatable bonds is 14. The lowest BCUT2D eigenvalue weighted by molar-refractivity contribution is 0.102. The zero-order valence-electron chi connectivity index (χ0n) is 24.1. The number of hydroxylamine groups is 1. The van der Waals surface area contributed by atoms with E-state index in [2.05, 4.69) is 10.3 Å². The van der Waals surface area contributed by atoms with Crippen LogP contribution >= 0.6 is 11.3 Å². The van der Waals surface area contributed by atoms with E-state index in [-0.39, 0.29) is 11.7 Å². The Hall–Kier alpha value is -4.28. The van der Waals surface area contributed by atoms with Crippen LogP contribution in [0.2, 0.25) is 0 Å². The molecule has 10 heteroatoms. The van der Waals surface area contributed by atoms with E-state index < -0.39 is 0 Å². The third-order valence-corrected chi connectivity index (χ3v) is 8.49. The van der Waals surface area contributed by atoms with Gasteiger partial charge in [-0.2, -0.15) is 0 Å². The Morgan fingerprint density at radius 1 is 0.930 bits per heavy atom. The number of carbonyl (C=O) groups excluding carboxylic acids is 1. The van der Waals surface area contributed by atoms with E-state index in [0.717, 1.165) is 48.4 Å². The molecule has 2 heterocycles. The number of amidine groups is 1. The molecule has 0 bridgehead atoms. The Morgan fingerprint density at radius 3 is 2.23 bits per heavy atom. The zero-order chi connectivity index (χ0) is 29.9. The van der Waals surface area contributed by atoms with Gasteiger partial charge >= 0.3 is 0 Å². The second-order valence-corrected chi connectivity index (χ2v) is 11.7. The molecule has 1 saturated carbocycles. The smallest absolute Gasteiger partial charge is 0.259 e. The van der Waals surface area contributed by atoms with Gasteiger partial charge < -0.3 is 9.47 Å². The average Bonchev–Trinajstić information content (AvgIpc) is 3.71. The number of hydrogen-bond acceptors (Lipinski definition) is 8. The van der Waals surface area contributed by atoms with Gasteiger partial charge in [0.05, 0.1) is 24.5 Å². The van der Waals surface area contributed by atoms with E-state index in [1.807, 2.05) is 29.7 Å². The van der Waals surface area contributed by atoms with Crippen molar-refractivity contribution in [2.24, 2.45) is 5.92 Å². The molecule has 1 aliphatic rings. The van der Waals surface area contributed by atoms with Crippen molar-refractivity contribution < 1.29 is 19.5 Å². The molecule has 0 atom stereocenters. The lowest BCUT2D eigenvalue weighted by atomic mass is 10.0. The van der Waals surface area contributed by atoms with Crippen molar-refractivity contribution in [1.29, 1.82) is 5.41 Å². The lowest BCUT2D eigenvalue weighted by Crippen LogP contribution is -2.18. The van der Waals surface area contributed by atoms with E-state index in [1.54, 1.807) is 60.1 Å². The molecule has 4 N–H and O–H groups in total. The van der Waals surface area contributed by atoms with Gasteiger partial charge in [-0.05, 0) is 92.3 Å². The average molecular weight is 600 g/mol. The first-order valence-corrected chi connectivity index (χ1v) is 15.6. The van der Waals surface area contributed by atoms with Crippen LogP contribution < -0.4 is 20.3 Å². The highest BCUT2D eigenvalue weighted by molar-refractivity contribution is 7.16. The number of aromatic nitrogens is 2. The molecule has 2 aromatic carbocycles. The number of nitrogens with one attached hydrogen (secondary N) is 3. The van der Waals surface area contributed by atoms with E-state index in [0.29, 0.717) is 35.4 Å². The minimum absolute atomic E-state index is 0.0508. The van der Waals surface area contributed by atoms with Crippen LogP contribution in [0.4, 0.5) is 5.13 Å². The maximum Gasteiger partial charge on any atom is 0.259 e. The number of unbranched alkanes of at least 4 members (excludes halogenated alkanes) is 2. The highest BCUT2D eigenvalue weighted by Crippen LogP contribution is 2.37. The van der Waals surface area contributed by atoms with E-state index in [4.69, 9.17) is 25.1 Å². The Kier molecular flexibility index (Phi) is 10.7. The fourth-order valence-corrected chi connectivity index (χ4v) is 6.26. The van der Waals surface area contributed by atoms with Gasteiger partial charge in [0.1, 0.15) is 17.3 Å². The lowest BCUT2D eigenvalue weighted by Gasteiger charge is -2.10. The van der Waals surface area contributed by atoms with Gasteiger partial charge in [-0.15, -0.1) is 11.3 Å². The maximum absolute atomic E-state index is 12.7. The summed E-state index contributed by atoms with van der Waals surface area (Å²) in [6, 6.07) is 18.6. The molecule has 0 aliphatic heterocycles. The summed E-state index contributed by atoms with van der Waals surface area (Å²) >= 11 is 1.57. The third-order valence-electron chi connectivity index (χ3n) is 7.50. The molecule has 9 nitrogen and oxygen atoms in total. The van der Waals surface area contributed by atoms with Crippen molar-refractivity contribution in [3.05, 3.63) is 89.1 Å². The molecule has 43 heavy (non-hydrogen) atoms. The van der Waals surface area contributed by atoms with Crippen LogP contribution in [0.5, 0.6) is 11.5 Å². The molecule has 0 radical (unpaired) electrons. The Labute approximate surface area is 255 Å². The number of pyridine rings is 1. The van der Waals surface area contributed by atoms with Crippen LogP contribution in [-0.4, -0.2) is 40.1 Å². The standard InChI is InChI=1S/C33H37N5O4S/c34-31(38-40)25-12-16-28(17-13-25)42-20-5-1-4-19-41-27-14-10-24(11-15-27)30-29(21-23-7-2-3-8-23)43-33(36-30)37-32(39)26-9-6-18-35-22-26/h6,9-18,22-23,40H,1-5,7-8,19-21H2,(H2,34,38)(H,36,37,39). The van der Waals surface area contributed by atoms with Gasteiger partial charge in [-0.3, -0.25) is 31.2 Å². The first kappa shape index (κ1) is 30.2. The SMILES string of the molecule is N=C(NO)c1ccc(OCCCCCOc2ccc(-c3nc(NC(=O)c4cccnc4)sc3CC3CCCC3)cc2)cc1. The summed E-state index contributed by atoms with van der Waals surface area (Å²) in [7, 11) is 0. The van der Waals surface area contributed by atoms with E-state index in [9.17, 15) is 4.79 Å². The normalized spacial score (nSPS) is 13.0. The van der Waals surface area contributed by atoms with Crippen molar-refractivity contribution >= 4 is 28.2 Å². The molecule has 1 amide bonds. The van der Waals surface area contributed by atoms with Crippen molar-refractivity contribution in [3.8, 4) is 22.8 Å². The third kappa shape index (κ3) is 8.62. The van der Waals surface area contributed by atoms with Crippen molar-refractivity contribution in [1.82, 2.24) is 15.4 Å². The first-order valence-electron chi connectivity index (χ1n) is 14.8. The van der Waals surface area contributed by atoms with Crippen molar-refractivity contribution in [3.63, 3.8) is 0 Å². The van der Waals surface area contributed by atoms with Gasteiger partial charge in [0.2, 0.25) is 0 Å². The van der Waals surface area contributed by atoms with E-state index in [1.165, 1.54) is 30.6 Å². The molecular weight excluding hydrogens is 562 g/mol. The fourth-order valence-electron chi connectivity index (χ4n) is 5.16. The summed E-state index contributed by atoms with van der Waals surface area (Å²) in [6.45, 7) is 1.23. The molecule has 5 rings (SSSR count). The molecule has 0 spiro atoms. The second-order valence-electron chi connectivity index (χ2n) is 10.6. The summed E-state index contributed by atoms with van der Waals surface area (Å²) < 4.78 is 11.8. The second kappa shape index (κ2) is 15.3. The van der Waals surface area contributed by atoms with Crippen LogP contribution in [-0.2, 0) is 6.42 Å². The minimum Gasteiger partial charge on any atom is -0.494 e. The molecule has 2 aromatic heterocycles. The largest absolute Gasteiger partial charge is 0.494 e. The molecular formula is C33H37N5O4S. The minimum atomic E-state index is -0.205. The molecule has 1 fully saturated rings. The fraction of sp³-hybridized carbons (Fsp3) is 0.333. The number of anilines is 1. The van der Waals surface area contributed by atoms with Crippen LogP contribution in [0.1, 0.15) is 65.7 Å². The summed E-state index contributed by atoms with van der Waals surface area (Å²) in [5, 5.41) is 19.9. The van der Waals surface area contributed by atoms with Crippen LogP contribution in [0.25, 0.3) is 11.3 Å². The molecule has 224 valence electrons. The van der Waals surface area contributed by atoms with Crippen molar-refractivity contribution in [2.45, 2.75) is 51.4 Å². The number of thiazole rings is 1. The van der Waals surface area contributed by atoms with E-state index >= 15 is 0 Å².